The zero-order valence-corrected chi connectivity index (χ0v) is 14.1. The molecule has 4 heteroatoms. The van der Waals surface area contributed by atoms with E-state index in [9.17, 15) is 4.79 Å². The van der Waals surface area contributed by atoms with Gasteiger partial charge in [0.2, 0.25) is 0 Å². The van der Waals surface area contributed by atoms with E-state index < -0.39 is 0 Å². The van der Waals surface area contributed by atoms with Gasteiger partial charge >= 0.3 is 0 Å². The molecule has 0 aliphatic heterocycles. The third-order valence-corrected chi connectivity index (χ3v) is 3.87. The molecule has 0 aliphatic rings. The Morgan fingerprint density at radius 1 is 1.04 bits per heavy atom. The highest BCUT2D eigenvalue weighted by atomic mass is 16.1. The number of rotatable bonds is 7. The number of unbranched alkanes of at least 4 members (excludes halogenated alkanes) is 2. The normalized spacial score (nSPS) is 10.4. The number of carbonyl (C=O) groups is 1. The van der Waals surface area contributed by atoms with Crippen molar-refractivity contribution in [2.45, 2.75) is 40.0 Å². The van der Waals surface area contributed by atoms with E-state index in [4.69, 9.17) is 0 Å². The van der Waals surface area contributed by atoms with Crippen LogP contribution in [0, 0.1) is 13.8 Å². The fourth-order valence-corrected chi connectivity index (χ4v) is 2.25. The highest BCUT2D eigenvalue weighted by Gasteiger charge is 2.08. The van der Waals surface area contributed by atoms with Gasteiger partial charge in [-0.25, -0.2) is 4.98 Å². The second-order valence-electron chi connectivity index (χ2n) is 5.82. The summed E-state index contributed by atoms with van der Waals surface area (Å²) in [5, 5.41) is 6.20. The van der Waals surface area contributed by atoms with E-state index in [1.54, 1.807) is 12.3 Å². The van der Waals surface area contributed by atoms with Crippen molar-refractivity contribution in [2.75, 3.05) is 17.2 Å². The molecule has 0 fully saturated rings. The van der Waals surface area contributed by atoms with Gasteiger partial charge in [0.15, 0.2) is 0 Å². The summed E-state index contributed by atoms with van der Waals surface area (Å²) in [6.45, 7) is 7.20. The number of pyridine rings is 1. The Kier molecular flexibility index (Phi) is 6.15. The minimum atomic E-state index is -0.189. The van der Waals surface area contributed by atoms with E-state index in [-0.39, 0.29) is 5.91 Å². The van der Waals surface area contributed by atoms with Crippen LogP contribution in [-0.4, -0.2) is 17.4 Å². The van der Waals surface area contributed by atoms with Crippen molar-refractivity contribution in [3.05, 3.63) is 53.3 Å². The molecule has 122 valence electrons. The van der Waals surface area contributed by atoms with Crippen molar-refractivity contribution >= 4 is 17.3 Å². The van der Waals surface area contributed by atoms with Crippen molar-refractivity contribution in [3.8, 4) is 0 Å². The molecule has 1 heterocycles. The van der Waals surface area contributed by atoms with Crippen molar-refractivity contribution < 1.29 is 4.79 Å². The molecule has 2 rings (SSSR count). The van der Waals surface area contributed by atoms with Crippen LogP contribution in [0.4, 0.5) is 11.4 Å². The monoisotopic (exact) mass is 311 g/mol. The number of nitrogens with one attached hydrogen (secondary N) is 2. The van der Waals surface area contributed by atoms with Crippen LogP contribution in [0.25, 0.3) is 0 Å². The molecule has 0 aliphatic carbocycles. The minimum Gasteiger partial charge on any atom is -0.384 e. The van der Waals surface area contributed by atoms with Crippen molar-refractivity contribution in [1.82, 2.24) is 4.98 Å². The highest BCUT2D eigenvalue weighted by Crippen LogP contribution is 2.15. The largest absolute Gasteiger partial charge is 0.384 e. The highest BCUT2D eigenvalue weighted by molar-refractivity contribution is 6.03. The van der Waals surface area contributed by atoms with Gasteiger partial charge in [0, 0.05) is 12.2 Å². The van der Waals surface area contributed by atoms with Crippen LogP contribution in [0.5, 0.6) is 0 Å². The van der Waals surface area contributed by atoms with E-state index in [2.05, 4.69) is 29.5 Å². The van der Waals surface area contributed by atoms with E-state index >= 15 is 0 Å². The number of nitrogens with zero attached hydrogens (tertiary/aromatic N) is 1. The van der Waals surface area contributed by atoms with E-state index in [1.807, 2.05) is 31.2 Å². The Hall–Kier alpha value is -2.36. The summed E-state index contributed by atoms with van der Waals surface area (Å²) in [4.78, 5) is 16.5. The maximum atomic E-state index is 12.2. The maximum absolute atomic E-state index is 12.2. The van der Waals surface area contributed by atoms with E-state index in [1.165, 1.54) is 18.4 Å². The molecule has 0 unspecified atom stereocenters. The van der Waals surface area contributed by atoms with Crippen molar-refractivity contribution in [2.24, 2.45) is 0 Å². The topological polar surface area (TPSA) is 54.0 Å². The number of anilines is 2. The first-order chi connectivity index (χ1) is 11.1. The first-order valence-corrected chi connectivity index (χ1v) is 8.18. The summed E-state index contributed by atoms with van der Waals surface area (Å²) in [7, 11) is 0. The maximum Gasteiger partial charge on any atom is 0.274 e. The Morgan fingerprint density at radius 3 is 2.48 bits per heavy atom. The van der Waals surface area contributed by atoms with E-state index in [0.29, 0.717) is 5.69 Å². The molecule has 2 aromatic rings. The van der Waals surface area contributed by atoms with Crippen LogP contribution in [-0.2, 0) is 0 Å². The number of amides is 1. The van der Waals surface area contributed by atoms with Gasteiger partial charge in [-0.05, 0) is 55.7 Å². The fourth-order valence-electron chi connectivity index (χ4n) is 2.25. The molecular formula is C19H25N3O. The van der Waals surface area contributed by atoms with Gasteiger partial charge in [-0.2, -0.15) is 0 Å². The molecular weight excluding hydrogens is 286 g/mol. The molecule has 4 nitrogen and oxygen atoms in total. The number of aryl methyl sites for hydroxylation is 2. The molecule has 0 bridgehead atoms. The molecule has 1 aromatic heterocycles. The summed E-state index contributed by atoms with van der Waals surface area (Å²) in [5.74, 6) is -0.189. The molecule has 1 aromatic carbocycles. The lowest BCUT2D eigenvalue weighted by Crippen LogP contribution is -2.14. The summed E-state index contributed by atoms with van der Waals surface area (Å²) in [6, 6.07) is 9.52. The molecule has 0 saturated heterocycles. The number of carbonyl (C=O) groups excluding carboxylic acids is 1. The molecule has 23 heavy (non-hydrogen) atoms. The quantitative estimate of drug-likeness (QED) is 0.737. The van der Waals surface area contributed by atoms with Gasteiger partial charge < -0.3 is 10.6 Å². The van der Waals surface area contributed by atoms with Gasteiger partial charge in [0.1, 0.15) is 5.69 Å². The molecule has 0 radical (unpaired) electrons. The second kappa shape index (κ2) is 8.32. The standard InChI is InChI=1S/C19H25N3O/c1-4-5-6-11-20-17-9-10-18(21-13-17)19(23)22-16-8-7-14(2)15(3)12-16/h7-10,12-13,20H,4-6,11H2,1-3H3,(H,22,23). The van der Waals surface area contributed by atoms with Crippen LogP contribution in [0.3, 0.4) is 0 Å². The van der Waals surface area contributed by atoms with Crippen LogP contribution in [0.15, 0.2) is 36.5 Å². The Bertz CT molecular complexity index is 650. The zero-order chi connectivity index (χ0) is 16.7. The predicted molar refractivity (Wildman–Crippen MR) is 96.1 cm³/mol. The summed E-state index contributed by atoms with van der Waals surface area (Å²) in [5.41, 5.74) is 4.52. The lowest BCUT2D eigenvalue weighted by molar-refractivity contribution is 0.102. The lowest BCUT2D eigenvalue weighted by Gasteiger charge is -2.08. The van der Waals surface area contributed by atoms with Gasteiger partial charge in [-0.15, -0.1) is 0 Å². The summed E-state index contributed by atoms with van der Waals surface area (Å²) >= 11 is 0. The molecule has 2 N–H and O–H groups in total. The van der Waals surface area contributed by atoms with Crippen molar-refractivity contribution in [1.29, 1.82) is 0 Å². The molecule has 1 amide bonds. The van der Waals surface area contributed by atoms with Crippen molar-refractivity contribution in [3.63, 3.8) is 0 Å². The third-order valence-electron chi connectivity index (χ3n) is 3.87. The molecule has 0 atom stereocenters. The fraction of sp³-hybridized carbons (Fsp3) is 0.368. The number of hydrogen-bond acceptors (Lipinski definition) is 3. The number of benzene rings is 1. The number of hydrogen-bond donors (Lipinski definition) is 2. The zero-order valence-electron chi connectivity index (χ0n) is 14.1. The van der Waals surface area contributed by atoms with Crippen LogP contribution in [0.1, 0.15) is 47.8 Å². The summed E-state index contributed by atoms with van der Waals surface area (Å²) in [6.07, 6.45) is 5.28. The van der Waals surface area contributed by atoms with Crippen LogP contribution < -0.4 is 10.6 Å². The van der Waals surface area contributed by atoms with E-state index in [0.717, 1.165) is 29.9 Å². The average Bonchev–Trinajstić information content (AvgIpc) is 2.55. The first-order valence-electron chi connectivity index (χ1n) is 8.18. The predicted octanol–water partition coefficient (Wildman–Crippen LogP) is 4.55. The Morgan fingerprint density at radius 2 is 1.83 bits per heavy atom. The minimum absolute atomic E-state index is 0.189. The summed E-state index contributed by atoms with van der Waals surface area (Å²) < 4.78 is 0. The molecule has 0 spiro atoms. The average molecular weight is 311 g/mol. The lowest BCUT2D eigenvalue weighted by atomic mass is 10.1. The Labute approximate surface area is 138 Å². The first kappa shape index (κ1) is 17.0. The van der Waals surface area contributed by atoms with Gasteiger partial charge in [0.05, 0.1) is 11.9 Å². The van der Waals surface area contributed by atoms with Gasteiger partial charge in [-0.3, -0.25) is 4.79 Å². The molecule has 0 saturated carbocycles. The number of aromatic nitrogens is 1. The Balaban J connectivity index is 1.93. The van der Waals surface area contributed by atoms with Gasteiger partial charge in [0.25, 0.3) is 5.91 Å². The second-order valence-corrected chi connectivity index (χ2v) is 5.82. The SMILES string of the molecule is CCCCCNc1ccc(C(=O)Nc2ccc(C)c(C)c2)nc1. The van der Waals surface area contributed by atoms with Gasteiger partial charge in [-0.1, -0.05) is 25.8 Å². The van der Waals surface area contributed by atoms with Crippen LogP contribution in [0.2, 0.25) is 0 Å². The van der Waals surface area contributed by atoms with Crippen LogP contribution >= 0.6 is 0 Å². The third kappa shape index (κ3) is 5.09. The smallest absolute Gasteiger partial charge is 0.274 e.